The fraction of sp³-hybridized carbons (Fsp3) is 0.455. The second-order valence-electron chi connectivity index (χ2n) is 13.4. The first-order valence-corrected chi connectivity index (χ1v) is 15.9. The fourth-order valence-electron chi connectivity index (χ4n) is 6.64. The van der Waals surface area contributed by atoms with Crippen molar-refractivity contribution in [1.82, 2.24) is 25.4 Å². The number of rotatable bonds is 9. The lowest BCUT2D eigenvalue weighted by atomic mass is 9.68. The van der Waals surface area contributed by atoms with Crippen molar-refractivity contribution in [2.45, 2.75) is 65.1 Å². The van der Waals surface area contributed by atoms with Crippen molar-refractivity contribution < 1.29 is 9.53 Å². The topological polar surface area (TPSA) is 124 Å². The number of nitrogens with one attached hydrogen (secondary N) is 4. The van der Waals surface area contributed by atoms with E-state index in [1.165, 1.54) is 31.9 Å². The van der Waals surface area contributed by atoms with E-state index in [1.807, 2.05) is 44.1 Å². The molecule has 6 rings (SSSR count). The van der Waals surface area contributed by atoms with E-state index in [0.717, 1.165) is 58.7 Å². The summed E-state index contributed by atoms with van der Waals surface area (Å²) in [5.41, 5.74) is 19.0. The number of aromatic nitrogens is 1. The maximum absolute atomic E-state index is 13.6. The van der Waals surface area contributed by atoms with Gasteiger partial charge in [0.15, 0.2) is 0 Å². The summed E-state index contributed by atoms with van der Waals surface area (Å²) in [4.78, 5) is 16.1. The van der Waals surface area contributed by atoms with Gasteiger partial charge in [0.2, 0.25) is 0 Å². The summed E-state index contributed by atoms with van der Waals surface area (Å²) >= 11 is 5.86. The molecule has 0 radical (unpaired) electrons. The second-order valence-corrected chi connectivity index (χ2v) is 13.7. The van der Waals surface area contributed by atoms with Crippen LogP contribution in [0.4, 0.5) is 16.2 Å². The molecule has 1 saturated carbocycles. The monoisotopic (exact) mass is 618 g/mol. The third-order valence-electron chi connectivity index (χ3n) is 8.88. The van der Waals surface area contributed by atoms with Crippen molar-refractivity contribution in [3.8, 4) is 0 Å². The molecule has 1 spiro atoms. The zero-order valence-electron chi connectivity index (χ0n) is 25.8. The Morgan fingerprint density at radius 3 is 2.68 bits per heavy atom. The highest BCUT2D eigenvalue weighted by Crippen LogP contribution is 2.48. The lowest BCUT2D eigenvalue weighted by Gasteiger charge is -2.38. The summed E-state index contributed by atoms with van der Waals surface area (Å²) in [6.45, 7) is 9.75. The number of halogens is 1. The number of carbonyl (C=O) groups excluding carboxylic acids is 1. The van der Waals surface area contributed by atoms with Gasteiger partial charge in [-0.3, -0.25) is 9.91 Å². The van der Waals surface area contributed by atoms with Crippen LogP contribution in [0.3, 0.4) is 0 Å². The van der Waals surface area contributed by atoms with E-state index in [9.17, 15) is 4.79 Å². The van der Waals surface area contributed by atoms with Gasteiger partial charge in [-0.15, -0.1) is 17.1 Å². The van der Waals surface area contributed by atoms with Crippen LogP contribution in [0.5, 0.6) is 0 Å². The molecule has 10 nitrogen and oxygen atoms in total. The molecule has 3 heterocycles. The number of anilines is 2. The minimum absolute atomic E-state index is 0.347. The molecule has 0 atom stereocenters. The Labute approximate surface area is 264 Å². The average Bonchev–Trinajstić information content (AvgIpc) is 3.67. The Hall–Kier alpha value is -3.73. The van der Waals surface area contributed by atoms with E-state index in [1.54, 1.807) is 4.57 Å². The summed E-state index contributed by atoms with van der Waals surface area (Å²) in [7, 11) is 0. The zero-order chi connectivity index (χ0) is 31.1. The molecular weight excluding hydrogens is 576 g/mol. The lowest BCUT2D eigenvalue weighted by Crippen LogP contribution is -2.35. The van der Waals surface area contributed by atoms with Crippen LogP contribution in [0.25, 0.3) is 16.6 Å². The highest BCUT2D eigenvalue weighted by Gasteiger charge is 2.42. The van der Waals surface area contributed by atoms with E-state index in [4.69, 9.17) is 27.5 Å². The van der Waals surface area contributed by atoms with Crippen molar-refractivity contribution >= 4 is 51.9 Å². The molecule has 1 saturated heterocycles. The minimum atomic E-state index is -0.603. The van der Waals surface area contributed by atoms with Gasteiger partial charge in [0.1, 0.15) is 5.60 Å². The number of nitrogens with zero attached hydrogens (tertiary/aromatic N) is 3. The molecule has 3 aromatic rings. The van der Waals surface area contributed by atoms with Crippen molar-refractivity contribution in [3.05, 3.63) is 65.0 Å². The highest BCUT2D eigenvalue weighted by atomic mass is 35.5. The van der Waals surface area contributed by atoms with Crippen molar-refractivity contribution in [2.24, 2.45) is 5.41 Å². The lowest BCUT2D eigenvalue weighted by molar-refractivity contribution is 0.0536. The summed E-state index contributed by atoms with van der Waals surface area (Å²) in [5.74, 6) is 0.472. The maximum Gasteiger partial charge on any atom is 0.419 e. The number of ether oxygens (including phenoxy) is 1. The average molecular weight is 619 g/mol. The molecule has 3 aliphatic rings. The quantitative estimate of drug-likeness (QED) is 0.115. The van der Waals surface area contributed by atoms with E-state index < -0.39 is 5.60 Å². The van der Waals surface area contributed by atoms with Crippen LogP contribution >= 0.6 is 11.6 Å². The van der Waals surface area contributed by atoms with Crippen molar-refractivity contribution in [1.29, 1.82) is 5.41 Å². The van der Waals surface area contributed by atoms with Gasteiger partial charge in [-0.25, -0.2) is 9.36 Å². The van der Waals surface area contributed by atoms with Crippen LogP contribution in [-0.2, 0) is 17.8 Å². The van der Waals surface area contributed by atoms with Gasteiger partial charge < -0.3 is 26.6 Å². The number of fused-ring (bicyclic) bond motifs is 1. The van der Waals surface area contributed by atoms with E-state index in [0.29, 0.717) is 35.6 Å². The van der Waals surface area contributed by atoms with Crippen molar-refractivity contribution in [2.75, 3.05) is 36.6 Å². The van der Waals surface area contributed by atoms with Crippen LogP contribution in [0.2, 0.25) is 0 Å². The molecule has 1 aromatic heterocycles. The van der Waals surface area contributed by atoms with Crippen LogP contribution < -0.4 is 22.0 Å². The standard InChI is InChI=1S/C33H43ClN8O2/c1-32(2,3)44-31(43)42-25(19-40-12-9-33(21-40)7-4-8-33)14-23-6-5-22(13-30(23)42)18-41-20-29(38-39-41)26-15-24(37-11-10-34)16-28(36)27(26)17-35/h5-6,13-17,20,35,37-39H,4,7-12,18-19,21,36H2,1-3H3. The fourth-order valence-corrected chi connectivity index (χ4v) is 6.74. The minimum Gasteiger partial charge on any atom is -0.443 e. The molecule has 0 bridgehead atoms. The molecule has 0 amide bonds. The normalized spacial score (nSPS) is 17.9. The van der Waals surface area contributed by atoms with E-state index >= 15 is 0 Å². The first kappa shape index (κ1) is 30.3. The Morgan fingerprint density at radius 1 is 1.18 bits per heavy atom. The smallest absolute Gasteiger partial charge is 0.419 e. The van der Waals surface area contributed by atoms with Crippen molar-refractivity contribution in [3.63, 3.8) is 0 Å². The number of likely N-dealkylation sites (tertiary alicyclic amines) is 1. The third kappa shape index (κ3) is 6.24. The number of hydrazine groups is 2. The first-order valence-electron chi connectivity index (χ1n) is 15.4. The van der Waals surface area contributed by atoms with Gasteiger partial charge in [0.25, 0.3) is 0 Å². The zero-order valence-corrected chi connectivity index (χ0v) is 26.6. The predicted molar refractivity (Wildman–Crippen MR) is 177 cm³/mol. The Morgan fingerprint density at radius 2 is 2.00 bits per heavy atom. The number of hydrogen-bond donors (Lipinski definition) is 5. The number of alkyl halides is 1. The number of benzene rings is 2. The molecule has 2 aliphatic heterocycles. The molecule has 2 aromatic carbocycles. The van der Waals surface area contributed by atoms with Crippen LogP contribution in [0.15, 0.2) is 42.6 Å². The largest absolute Gasteiger partial charge is 0.443 e. The number of hydrogen-bond acceptors (Lipinski definition) is 9. The number of nitrogen functional groups attached to an aromatic ring is 1. The van der Waals surface area contributed by atoms with Gasteiger partial charge in [-0.2, -0.15) is 0 Å². The Balaban J connectivity index is 1.27. The Kier molecular flexibility index (Phi) is 8.26. The predicted octanol–water partition coefficient (Wildman–Crippen LogP) is 5.85. The number of carbonyl (C=O) groups is 1. The van der Waals surface area contributed by atoms with Gasteiger partial charge in [0.05, 0.1) is 17.8 Å². The molecule has 11 heteroatoms. The summed E-state index contributed by atoms with van der Waals surface area (Å²) < 4.78 is 7.66. The maximum atomic E-state index is 13.6. The highest BCUT2D eigenvalue weighted by molar-refractivity contribution is 6.18. The summed E-state index contributed by atoms with van der Waals surface area (Å²) in [6.07, 6.45) is 8.11. The molecule has 2 fully saturated rings. The first-order chi connectivity index (χ1) is 21.1. The van der Waals surface area contributed by atoms with Crippen LogP contribution in [0, 0.1) is 10.8 Å². The van der Waals surface area contributed by atoms with Gasteiger partial charge in [0, 0.05) is 71.5 Å². The molecule has 0 unspecified atom stereocenters. The molecule has 234 valence electrons. The van der Waals surface area contributed by atoms with E-state index in [2.05, 4.69) is 45.4 Å². The third-order valence-corrected chi connectivity index (χ3v) is 9.07. The Bertz CT molecular complexity index is 1600. The van der Waals surface area contributed by atoms with Crippen LogP contribution in [-0.4, -0.2) is 57.9 Å². The van der Waals surface area contributed by atoms with Gasteiger partial charge in [-0.05, 0) is 81.8 Å². The van der Waals surface area contributed by atoms with Gasteiger partial charge in [-0.1, -0.05) is 18.6 Å². The molecular formula is C33H43ClN8O2. The summed E-state index contributed by atoms with van der Waals surface area (Å²) in [6, 6.07) is 12.2. The molecule has 6 N–H and O–H groups in total. The van der Waals surface area contributed by atoms with E-state index in [-0.39, 0.29) is 6.09 Å². The van der Waals surface area contributed by atoms with Crippen LogP contribution in [0.1, 0.15) is 68.8 Å². The number of nitrogens with two attached hydrogens (primary N) is 1. The molecule has 1 aliphatic carbocycles. The SMILES string of the molecule is CC(C)(C)OC(=O)n1c(CN2CCC3(CCC3)C2)cc2ccc(CN3C=C(c4cc(NCCCl)cc(N)c4C=N)NN3)cc21. The summed E-state index contributed by atoms with van der Waals surface area (Å²) in [5, 5.41) is 14.2. The van der Waals surface area contributed by atoms with Gasteiger partial charge >= 0.3 is 6.09 Å². The second kappa shape index (κ2) is 12.0. The molecule has 44 heavy (non-hydrogen) atoms.